The van der Waals surface area contributed by atoms with Crippen molar-refractivity contribution in [2.75, 3.05) is 0 Å². The quantitative estimate of drug-likeness (QED) is 0.233. The van der Waals surface area contributed by atoms with E-state index in [4.69, 9.17) is 0 Å². The molecule has 1 aromatic heterocycles. The minimum atomic E-state index is -0.447. The van der Waals surface area contributed by atoms with Crippen LogP contribution in [0, 0.1) is 0 Å². The lowest BCUT2D eigenvalue weighted by Gasteiger charge is -2.38. The Bertz CT molecular complexity index is 1030. The first kappa shape index (κ1) is 19.6. The smallest absolute Gasteiger partial charge is 0.106 e. The first-order chi connectivity index (χ1) is 14.1. The number of rotatable bonds is 5. The Labute approximate surface area is 181 Å². The molecule has 2 heteroatoms. The van der Waals surface area contributed by atoms with Gasteiger partial charge < -0.3 is 0 Å². The lowest BCUT2D eigenvalue weighted by atomic mass is 9.63. The molecule has 0 radical (unpaired) electrons. The number of hydrogen-bond acceptors (Lipinski definition) is 1. The van der Waals surface area contributed by atoms with Crippen molar-refractivity contribution in [3.05, 3.63) is 136 Å². The lowest BCUT2D eigenvalue weighted by Crippen LogP contribution is -2.32. The fourth-order valence-electron chi connectivity index (χ4n) is 4.28. The van der Waals surface area contributed by atoms with Gasteiger partial charge in [-0.05, 0) is 55.7 Å². The third kappa shape index (κ3) is 3.54. The van der Waals surface area contributed by atoms with E-state index in [2.05, 4.69) is 126 Å². The molecule has 4 rings (SSSR count). The van der Waals surface area contributed by atoms with E-state index in [9.17, 15) is 0 Å². The molecule has 0 aliphatic rings. The Balaban J connectivity index is 2.17. The zero-order valence-electron chi connectivity index (χ0n) is 16.7. The van der Waals surface area contributed by atoms with Gasteiger partial charge in [0.1, 0.15) is 4.60 Å². The van der Waals surface area contributed by atoms with Gasteiger partial charge in [0, 0.05) is 6.20 Å². The van der Waals surface area contributed by atoms with Crippen LogP contribution in [0.1, 0.15) is 47.6 Å². The van der Waals surface area contributed by atoms with Crippen LogP contribution in [0.5, 0.6) is 0 Å². The van der Waals surface area contributed by atoms with Gasteiger partial charge in [-0.15, -0.1) is 0 Å². The molecule has 0 aliphatic carbocycles. The number of benzene rings is 3. The van der Waals surface area contributed by atoms with Crippen molar-refractivity contribution in [2.45, 2.75) is 25.2 Å². The number of aromatic nitrogens is 1. The zero-order chi connectivity index (χ0) is 20.3. The highest BCUT2D eigenvalue weighted by Crippen LogP contribution is 2.47. The molecule has 0 unspecified atom stereocenters. The summed E-state index contributed by atoms with van der Waals surface area (Å²) in [5, 5.41) is 0. The van der Waals surface area contributed by atoms with Crippen molar-refractivity contribution in [2.24, 2.45) is 0 Å². The Morgan fingerprint density at radius 1 is 0.655 bits per heavy atom. The van der Waals surface area contributed by atoms with Gasteiger partial charge in [0.15, 0.2) is 0 Å². The molecule has 0 fully saturated rings. The van der Waals surface area contributed by atoms with Crippen LogP contribution in [0.2, 0.25) is 0 Å². The maximum Gasteiger partial charge on any atom is 0.106 e. The second-order valence-electron chi connectivity index (χ2n) is 7.59. The van der Waals surface area contributed by atoms with Crippen LogP contribution in [-0.2, 0) is 5.41 Å². The average Bonchev–Trinajstić information content (AvgIpc) is 2.77. The van der Waals surface area contributed by atoms with Crippen LogP contribution in [0.25, 0.3) is 0 Å². The summed E-state index contributed by atoms with van der Waals surface area (Å²) in [7, 11) is 0. The van der Waals surface area contributed by atoms with Gasteiger partial charge in [-0.25, -0.2) is 4.98 Å². The van der Waals surface area contributed by atoms with Crippen molar-refractivity contribution in [3.8, 4) is 0 Å². The van der Waals surface area contributed by atoms with Crippen molar-refractivity contribution in [3.63, 3.8) is 0 Å². The highest BCUT2D eigenvalue weighted by Gasteiger charge is 2.40. The first-order valence-corrected chi connectivity index (χ1v) is 10.8. The summed E-state index contributed by atoms with van der Waals surface area (Å²) in [5.74, 6) is 0.404. The molecule has 4 aromatic rings. The number of hydrogen-bond donors (Lipinski definition) is 0. The van der Waals surface area contributed by atoms with E-state index in [0.29, 0.717) is 5.92 Å². The third-order valence-corrected chi connectivity index (χ3v) is 6.03. The largest absolute Gasteiger partial charge is 0.249 e. The van der Waals surface area contributed by atoms with E-state index in [-0.39, 0.29) is 0 Å². The van der Waals surface area contributed by atoms with E-state index in [1.807, 2.05) is 12.3 Å². The van der Waals surface area contributed by atoms with Crippen LogP contribution in [0.15, 0.2) is 108 Å². The molecule has 0 saturated heterocycles. The molecule has 29 heavy (non-hydrogen) atoms. The SMILES string of the molecule is CC(C)c1ccccc1C(c1ccccc1)(c1ccccc1)c1ccc(Br)nc1. The van der Waals surface area contributed by atoms with Crippen molar-refractivity contribution in [1.82, 2.24) is 4.98 Å². The monoisotopic (exact) mass is 441 g/mol. The molecule has 1 nitrogen and oxygen atoms in total. The van der Waals surface area contributed by atoms with E-state index >= 15 is 0 Å². The fraction of sp³-hybridized carbons (Fsp3) is 0.148. The molecular weight excluding hydrogens is 418 g/mol. The van der Waals surface area contributed by atoms with Crippen LogP contribution in [0.4, 0.5) is 0 Å². The normalized spacial score (nSPS) is 11.6. The highest BCUT2D eigenvalue weighted by atomic mass is 79.9. The predicted octanol–water partition coefficient (Wildman–Crippen LogP) is 7.35. The maximum atomic E-state index is 4.61. The summed E-state index contributed by atoms with van der Waals surface area (Å²) in [6.07, 6.45) is 2.00. The number of pyridine rings is 1. The Morgan fingerprint density at radius 2 is 1.21 bits per heavy atom. The molecule has 0 amide bonds. The van der Waals surface area contributed by atoms with Crippen LogP contribution < -0.4 is 0 Å². The summed E-state index contributed by atoms with van der Waals surface area (Å²) in [6.45, 7) is 4.53. The van der Waals surface area contributed by atoms with E-state index in [1.54, 1.807) is 0 Å². The molecule has 0 aliphatic heterocycles. The van der Waals surface area contributed by atoms with E-state index < -0.39 is 5.41 Å². The van der Waals surface area contributed by atoms with Gasteiger partial charge in [0.05, 0.1) is 5.41 Å². The van der Waals surface area contributed by atoms with Crippen molar-refractivity contribution < 1.29 is 0 Å². The molecule has 0 N–H and O–H groups in total. The maximum absolute atomic E-state index is 4.61. The van der Waals surface area contributed by atoms with Crippen molar-refractivity contribution in [1.29, 1.82) is 0 Å². The lowest BCUT2D eigenvalue weighted by molar-refractivity contribution is 0.709. The molecule has 3 aromatic carbocycles. The van der Waals surface area contributed by atoms with Crippen LogP contribution in [0.3, 0.4) is 0 Å². The van der Waals surface area contributed by atoms with Gasteiger partial charge in [0.25, 0.3) is 0 Å². The van der Waals surface area contributed by atoms with Crippen LogP contribution in [-0.4, -0.2) is 4.98 Å². The van der Waals surface area contributed by atoms with Gasteiger partial charge in [-0.2, -0.15) is 0 Å². The Kier molecular flexibility index (Phi) is 5.64. The second-order valence-corrected chi connectivity index (χ2v) is 8.41. The summed E-state index contributed by atoms with van der Waals surface area (Å²) >= 11 is 3.51. The Morgan fingerprint density at radius 3 is 1.72 bits per heavy atom. The first-order valence-electron chi connectivity index (χ1n) is 9.96. The molecule has 0 spiro atoms. The van der Waals surface area contributed by atoms with Gasteiger partial charge in [-0.1, -0.05) is 105 Å². The van der Waals surface area contributed by atoms with E-state index in [1.165, 1.54) is 22.3 Å². The summed E-state index contributed by atoms with van der Waals surface area (Å²) in [5.41, 5.74) is 5.84. The zero-order valence-corrected chi connectivity index (χ0v) is 18.3. The third-order valence-electron chi connectivity index (χ3n) is 5.56. The van der Waals surface area contributed by atoms with Gasteiger partial charge in [0.2, 0.25) is 0 Å². The summed E-state index contributed by atoms with van der Waals surface area (Å²) < 4.78 is 0.841. The molecule has 1 heterocycles. The van der Waals surface area contributed by atoms with Gasteiger partial charge in [-0.3, -0.25) is 0 Å². The molecular formula is C27H24BrN. The predicted molar refractivity (Wildman–Crippen MR) is 124 cm³/mol. The fourth-order valence-corrected chi connectivity index (χ4v) is 4.52. The second kappa shape index (κ2) is 8.34. The summed E-state index contributed by atoms with van der Waals surface area (Å²) in [6, 6.07) is 34.6. The summed E-state index contributed by atoms with van der Waals surface area (Å²) in [4.78, 5) is 4.61. The minimum absolute atomic E-state index is 0.404. The topological polar surface area (TPSA) is 12.9 Å². The molecule has 0 atom stereocenters. The number of nitrogens with zero attached hydrogens (tertiary/aromatic N) is 1. The minimum Gasteiger partial charge on any atom is -0.249 e. The standard InChI is InChI=1S/C27H24BrN/c1-20(2)24-15-9-10-16-25(24)27(21-11-5-3-6-12-21,22-13-7-4-8-14-22)23-17-18-26(28)29-19-23/h3-20H,1-2H3. The highest BCUT2D eigenvalue weighted by molar-refractivity contribution is 9.10. The van der Waals surface area contributed by atoms with Crippen LogP contribution >= 0.6 is 15.9 Å². The average molecular weight is 442 g/mol. The molecule has 0 saturated carbocycles. The number of halogens is 1. The van der Waals surface area contributed by atoms with Gasteiger partial charge >= 0.3 is 0 Å². The molecule has 144 valence electrons. The molecule has 0 bridgehead atoms. The van der Waals surface area contributed by atoms with Crippen molar-refractivity contribution >= 4 is 15.9 Å². The Hall–Kier alpha value is -2.71. The van der Waals surface area contributed by atoms with E-state index in [0.717, 1.165) is 10.2 Å².